The van der Waals surface area contributed by atoms with Gasteiger partial charge in [0, 0.05) is 6.20 Å². The average molecular weight is 281 g/mol. The largest absolute Gasteiger partial charge is 0.573 e. The molecular weight excluding hydrogens is 278 g/mol. The van der Waals surface area contributed by atoms with E-state index in [-0.39, 0.29) is 6.20 Å². The summed E-state index contributed by atoms with van der Waals surface area (Å²) in [6, 6.07) is 0. The zero-order chi connectivity index (χ0) is 14.1. The summed E-state index contributed by atoms with van der Waals surface area (Å²) in [5.74, 6) is -4.28. The molecule has 0 amide bonds. The third-order valence-electron chi connectivity index (χ3n) is 1.70. The predicted octanol–water partition coefficient (Wildman–Crippen LogP) is 3.61. The van der Waals surface area contributed by atoms with E-state index >= 15 is 0 Å². The summed E-state index contributed by atoms with van der Waals surface area (Å²) in [5.41, 5.74) is -3.28. The van der Waals surface area contributed by atoms with Gasteiger partial charge in [-0.15, -0.1) is 13.2 Å². The molecule has 102 valence electrons. The second-order valence-corrected chi connectivity index (χ2v) is 2.94. The fourth-order valence-electron chi connectivity index (χ4n) is 1.02. The van der Waals surface area contributed by atoms with Crippen molar-refractivity contribution in [2.24, 2.45) is 0 Å². The Balaban J connectivity index is 3.37. The highest BCUT2D eigenvalue weighted by molar-refractivity contribution is 5.35. The van der Waals surface area contributed by atoms with Crippen molar-refractivity contribution in [2.45, 2.75) is 19.2 Å². The Hall–Kier alpha value is -1.61. The molecule has 0 unspecified atom stereocenters. The molecule has 0 spiro atoms. The van der Waals surface area contributed by atoms with Crippen LogP contribution in [-0.2, 0) is 12.9 Å². The number of aromatic nitrogens is 1. The first-order valence-corrected chi connectivity index (χ1v) is 4.12. The number of alkyl halides is 7. The number of hydrogen-bond donors (Lipinski definition) is 0. The van der Waals surface area contributed by atoms with Crippen molar-refractivity contribution in [2.75, 3.05) is 0 Å². The summed E-state index contributed by atoms with van der Waals surface area (Å²) < 4.78 is 101. The van der Waals surface area contributed by atoms with E-state index in [0.29, 0.717) is 0 Å². The van der Waals surface area contributed by atoms with Gasteiger partial charge in [0.25, 0.3) is 0 Å². The molecule has 1 aromatic rings. The molecule has 0 aliphatic rings. The third-order valence-corrected chi connectivity index (χ3v) is 1.70. The Bertz CT molecular complexity index is 438. The maximum atomic E-state index is 13.2. The minimum absolute atomic E-state index is 0.104. The van der Waals surface area contributed by atoms with E-state index in [9.17, 15) is 35.1 Å². The van der Waals surface area contributed by atoms with Crippen LogP contribution in [0.4, 0.5) is 35.1 Å². The summed E-state index contributed by atoms with van der Waals surface area (Å²) in [4.78, 5) is 2.75. The van der Waals surface area contributed by atoms with Crippen molar-refractivity contribution in [3.8, 4) is 5.75 Å². The molecule has 0 radical (unpaired) electrons. The van der Waals surface area contributed by atoms with Gasteiger partial charge in [0.1, 0.15) is 17.9 Å². The number of pyridine rings is 1. The first-order valence-electron chi connectivity index (χ1n) is 4.12. The molecule has 0 N–H and O–H groups in total. The summed E-state index contributed by atoms with van der Waals surface area (Å²) in [6.45, 7) is -1.71. The molecule has 0 atom stereocenters. The number of ether oxygens (including phenoxy) is 1. The van der Waals surface area contributed by atoms with Crippen molar-refractivity contribution >= 4 is 0 Å². The molecule has 18 heavy (non-hydrogen) atoms. The molecule has 0 saturated heterocycles. The summed E-state index contributed by atoms with van der Waals surface area (Å²) >= 11 is 0. The van der Waals surface area contributed by atoms with Crippen LogP contribution in [0, 0.1) is 5.82 Å². The van der Waals surface area contributed by atoms with E-state index < -0.39 is 42.0 Å². The van der Waals surface area contributed by atoms with Crippen LogP contribution in [0.5, 0.6) is 5.75 Å². The van der Waals surface area contributed by atoms with Gasteiger partial charge in [-0.05, 0) is 0 Å². The lowest BCUT2D eigenvalue weighted by Gasteiger charge is -2.15. The molecule has 1 rings (SSSR count). The lowest BCUT2D eigenvalue weighted by molar-refractivity contribution is -0.276. The summed E-state index contributed by atoms with van der Waals surface area (Å²) in [6.07, 6.45) is -10.8. The average Bonchev–Trinajstić information content (AvgIpc) is 2.17. The Morgan fingerprint density at radius 3 is 2.06 bits per heavy atom. The molecule has 0 aliphatic carbocycles. The Morgan fingerprint density at radius 1 is 1.11 bits per heavy atom. The molecule has 0 fully saturated rings. The van der Waals surface area contributed by atoms with Crippen LogP contribution < -0.4 is 4.74 Å². The SMILES string of the molecule is FCc1ncc(C(F)(F)F)c(F)c1OC(F)(F)F. The van der Waals surface area contributed by atoms with Gasteiger partial charge < -0.3 is 4.74 Å². The van der Waals surface area contributed by atoms with E-state index in [1.807, 2.05) is 0 Å². The van der Waals surface area contributed by atoms with Crippen molar-refractivity contribution in [1.82, 2.24) is 4.98 Å². The topological polar surface area (TPSA) is 22.1 Å². The monoisotopic (exact) mass is 281 g/mol. The highest BCUT2D eigenvalue weighted by Gasteiger charge is 2.40. The minimum Gasteiger partial charge on any atom is -0.401 e. The Kier molecular flexibility index (Phi) is 3.67. The first kappa shape index (κ1) is 14.5. The number of nitrogens with zero attached hydrogens (tertiary/aromatic N) is 1. The fourth-order valence-corrected chi connectivity index (χ4v) is 1.02. The number of rotatable bonds is 2. The quantitative estimate of drug-likeness (QED) is 0.772. The van der Waals surface area contributed by atoms with Crippen molar-refractivity contribution in [3.63, 3.8) is 0 Å². The third kappa shape index (κ3) is 3.20. The van der Waals surface area contributed by atoms with Gasteiger partial charge in [-0.2, -0.15) is 13.2 Å². The number of halogens is 8. The van der Waals surface area contributed by atoms with E-state index in [1.54, 1.807) is 0 Å². The van der Waals surface area contributed by atoms with Crippen LogP contribution in [0.1, 0.15) is 11.3 Å². The normalized spacial score (nSPS) is 12.7. The summed E-state index contributed by atoms with van der Waals surface area (Å²) in [7, 11) is 0. The lowest BCUT2D eigenvalue weighted by Crippen LogP contribution is -2.21. The van der Waals surface area contributed by atoms with Gasteiger partial charge in [0.05, 0.1) is 0 Å². The molecule has 0 aromatic carbocycles. The predicted molar refractivity (Wildman–Crippen MR) is 40.7 cm³/mol. The zero-order valence-electron chi connectivity index (χ0n) is 8.16. The molecule has 0 saturated carbocycles. The highest BCUT2D eigenvalue weighted by Crippen LogP contribution is 2.37. The second-order valence-electron chi connectivity index (χ2n) is 2.94. The van der Waals surface area contributed by atoms with E-state index in [1.165, 1.54) is 0 Å². The Labute approximate surface area is 94.2 Å². The van der Waals surface area contributed by atoms with E-state index in [0.717, 1.165) is 0 Å². The van der Waals surface area contributed by atoms with E-state index in [4.69, 9.17) is 0 Å². The molecule has 0 bridgehead atoms. The molecular formula is C8H3F8NO. The van der Waals surface area contributed by atoms with Gasteiger partial charge in [0.2, 0.25) is 0 Å². The maximum Gasteiger partial charge on any atom is 0.573 e. The molecule has 1 aromatic heterocycles. The van der Waals surface area contributed by atoms with Gasteiger partial charge in [-0.3, -0.25) is 4.98 Å². The van der Waals surface area contributed by atoms with Gasteiger partial charge in [-0.1, -0.05) is 0 Å². The van der Waals surface area contributed by atoms with E-state index in [2.05, 4.69) is 9.72 Å². The highest BCUT2D eigenvalue weighted by atomic mass is 19.4. The van der Waals surface area contributed by atoms with Crippen molar-refractivity contribution < 1.29 is 39.9 Å². The molecule has 0 aliphatic heterocycles. The second kappa shape index (κ2) is 4.58. The van der Waals surface area contributed by atoms with Crippen molar-refractivity contribution in [1.29, 1.82) is 0 Å². The first-order chi connectivity index (χ1) is 8.06. The molecule has 2 nitrogen and oxygen atoms in total. The van der Waals surface area contributed by atoms with Crippen LogP contribution in [0.25, 0.3) is 0 Å². The molecule has 10 heteroatoms. The van der Waals surface area contributed by atoms with Crippen LogP contribution in [-0.4, -0.2) is 11.3 Å². The number of hydrogen-bond acceptors (Lipinski definition) is 2. The molecule has 1 heterocycles. The Morgan fingerprint density at radius 2 is 1.67 bits per heavy atom. The van der Waals surface area contributed by atoms with Crippen LogP contribution in [0.15, 0.2) is 6.20 Å². The zero-order valence-corrected chi connectivity index (χ0v) is 8.16. The smallest absolute Gasteiger partial charge is 0.401 e. The maximum absolute atomic E-state index is 13.2. The van der Waals surface area contributed by atoms with Gasteiger partial charge >= 0.3 is 12.5 Å². The van der Waals surface area contributed by atoms with Crippen LogP contribution >= 0.6 is 0 Å². The van der Waals surface area contributed by atoms with Crippen molar-refractivity contribution in [3.05, 3.63) is 23.3 Å². The van der Waals surface area contributed by atoms with Gasteiger partial charge in [-0.25, -0.2) is 8.78 Å². The lowest BCUT2D eigenvalue weighted by atomic mass is 10.2. The van der Waals surface area contributed by atoms with Crippen LogP contribution in [0.2, 0.25) is 0 Å². The standard InChI is InChI=1S/C8H3F8NO/c9-1-4-6(18-8(14,15)16)5(10)3(2-17-4)7(11,12)13/h2H,1H2. The summed E-state index contributed by atoms with van der Waals surface area (Å²) in [5, 5.41) is 0. The fraction of sp³-hybridized carbons (Fsp3) is 0.375. The van der Waals surface area contributed by atoms with Gasteiger partial charge in [0.15, 0.2) is 11.6 Å². The van der Waals surface area contributed by atoms with Crippen LogP contribution in [0.3, 0.4) is 0 Å². The minimum atomic E-state index is -5.46.